The third kappa shape index (κ3) is 3.67. The predicted octanol–water partition coefficient (Wildman–Crippen LogP) is 6.95. The van der Waals surface area contributed by atoms with Crippen molar-refractivity contribution in [2.24, 2.45) is 0 Å². The molecule has 0 saturated carbocycles. The maximum atomic E-state index is 5.00. The van der Waals surface area contributed by atoms with Crippen LogP contribution in [0.3, 0.4) is 0 Å². The average molecular weight is 356 g/mol. The molecular weight excluding hydrogens is 334 g/mol. The quantitative estimate of drug-likeness (QED) is 0.344. The van der Waals surface area contributed by atoms with E-state index in [1.54, 1.807) is 17.4 Å². The van der Waals surface area contributed by atoms with Crippen molar-refractivity contribution in [2.45, 2.75) is 13.3 Å². The van der Waals surface area contributed by atoms with E-state index in [0.29, 0.717) is 0 Å². The third-order valence-electron chi connectivity index (χ3n) is 4.16. The second-order valence-corrected chi connectivity index (χ2v) is 6.77. The Bertz CT molecular complexity index is 986. The molecule has 0 aliphatic heterocycles. The summed E-state index contributed by atoms with van der Waals surface area (Å²) in [6.45, 7) is 9.74. The summed E-state index contributed by atoms with van der Waals surface area (Å²) in [6, 6.07) is 18.9. The van der Waals surface area contributed by atoms with Gasteiger partial charge in [-0.05, 0) is 29.7 Å². The Kier molecular flexibility index (Phi) is 5.80. The summed E-state index contributed by atoms with van der Waals surface area (Å²) in [5.74, 6) is 0. The van der Waals surface area contributed by atoms with Crippen LogP contribution in [0.25, 0.3) is 27.3 Å². The molecule has 2 aromatic carbocycles. The highest BCUT2D eigenvalue weighted by Crippen LogP contribution is 2.40. The van der Waals surface area contributed by atoms with Crippen LogP contribution in [-0.2, 0) is 6.42 Å². The molecule has 0 amide bonds. The lowest BCUT2D eigenvalue weighted by atomic mass is 10.00. The highest BCUT2D eigenvalue weighted by atomic mass is 32.1. The number of benzene rings is 2. The maximum Gasteiger partial charge on any atom is 0.124 e. The van der Waals surface area contributed by atoms with Gasteiger partial charge in [0.05, 0.1) is 10.6 Å². The first kappa shape index (κ1) is 17.9. The van der Waals surface area contributed by atoms with E-state index in [2.05, 4.69) is 74.3 Å². The minimum atomic E-state index is 0.950. The highest BCUT2D eigenvalue weighted by molar-refractivity contribution is 7.16. The molecule has 0 radical (unpaired) electrons. The SMILES string of the molecule is C=C=C/C=C(\C=C)c1nc(-c2ccccc2CC)c(-c2ccccc2)s1. The van der Waals surface area contributed by atoms with Crippen LogP contribution in [0.5, 0.6) is 0 Å². The molecule has 0 saturated heterocycles. The summed E-state index contributed by atoms with van der Waals surface area (Å²) in [4.78, 5) is 6.18. The normalized spacial score (nSPS) is 11.0. The molecule has 0 N–H and O–H groups in total. The van der Waals surface area contributed by atoms with Crippen molar-refractivity contribution >= 4 is 16.9 Å². The van der Waals surface area contributed by atoms with Gasteiger partial charge in [-0.25, -0.2) is 4.98 Å². The van der Waals surface area contributed by atoms with Gasteiger partial charge < -0.3 is 0 Å². The summed E-state index contributed by atoms with van der Waals surface area (Å²) < 4.78 is 0. The van der Waals surface area contributed by atoms with Crippen LogP contribution in [0.15, 0.2) is 91.7 Å². The second-order valence-electron chi connectivity index (χ2n) is 5.77. The Morgan fingerprint density at radius 3 is 2.54 bits per heavy atom. The van der Waals surface area contributed by atoms with Gasteiger partial charge in [-0.3, -0.25) is 0 Å². The first-order valence-corrected chi connectivity index (χ1v) is 9.43. The average Bonchev–Trinajstić information content (AvgIpc) is 3.14. The fraction of sp³-hybridized carbons (Fsp3) is 0.0833. The molecule has 2 heteroatoms. The van der Waals surface area contributed by atoms with Crippen molar-refractivity contribution in [1.29, 1.82) is 0 Å². The first-order valence-electron chi connectivity index (χ1n) is 8.62. The van der Waals surface area contributed by atoms with Crippen molar-refractivity contribution in [3.8, 4) is 21.7 Å². The van der Waals surface area contributed by atoms with Crippen LogP contribution < -0.4 is 0 Å². The van der Waals surface area contributed by atoms with Gasteiger partial charge in [0.25, 0.3) is 0 Å². The van der Waals surface area contributed by atoms with Gasteiger partial charge in [-0.2, -0.15) is 0 Å². The number of nitrogens with zero attached hydrogens (tertiary/aromatic N) is 1. The minimum Gasteiger partial charge on any atom is -0.235 e. The van der Waals surface area contributed by atoms with Gasteiger partial charge in [-0.15, -0.1) is 17.1 Å². The van der Waals surface area contributed by atoms with E-state index < -0.39 is 0 Å². The molecular formula is C24H21NS. The summed E-state index contributed by atoms with van der Waals surface area (Å²) in [6.07, 6.45) is 6.54. The Hall–Kier alpha value is -2.93. The minimum absolute atomic E-state index is 0.950. The highest BCUT2D eigenvalue weighted by Gasteiger charge is 2.17. The van der Waals surface area contributed by atoms with Crippen molar-refractivity contribution in [3.63, 3.8) is 0 Å². The van der Waals surface area contributed by atoms with Crippen LogP contribution in [0.4, 0.5) is 0 Å². The van der Waals surface area contributed by atoms with E-state index in [0.717, 1.165) is 22.7 Å². The first-order chi connectivity index (χ1) is 12.8. The van der Waals surface area contributed by atoms with Gasteiger partial charge >= 0.3 is 0 Å². The zero-order chi connectivity index (χ0) is 18.4. The number of aromatic nitrogens is 1. The topological polar surface area (TPSA) is 12.9 Å². The fourth-order valence-corrected chi connectivity index (χ4v) is 3.95. The number of hydrogen-bond donors (Lipinski definition) is 0. The molecule has 128 valence electrons. The van der Waals surface area contributed by atoms with Gasteiger partial charge in [-0.1, -0.05) is 80.8 Å². The Morgan fingerprint density at radius 1 is 1.12 bits per heavy atom. The van der Waals surface area contributed by atoms with Crippen LogP contribution in [0.2, 0.25) is 0 Å². The molecule has 1 aromatic heterocycles. The lowest BCUT2D eigenvalue weighted by molar-refractivity contribution is 1.14. The van der Waals surface area contributed by atoms with Crippen LogP contribution >= 0.6 is 11.3 Å². The number of thiazole rings is 1. The van der Waals surface area contributed by atoms with Crippen molar-refractivity contribution in [3.05, 3.63) is 102 Å². The third-order valence-corrected chi connectivity index (χ3v) is 5.32. The van der Waals surface area contributed by atoms with Gasteiger partial charge in [0, 0.05) is 11.1 Å². The van der Waals surface area contributed by atoms with Crippen molar-refractivity contribution in [2.75, 3.05) is 0 Å². The summed E-state index contributed by atoms with van der Waals surface area (Å²) in [5, 5.41) is 0.950. The van der Waals surface area contributed by atoms with Crippen LogP contribution in [0.1, 0.15) is 17.5 Å². The lowest BCUT2D eigenvalue weighted by Gasteiger charge is -2.07. The molecule has 3 rings (SSSR count). The zero-order valence-corrected chi connectivity index (χ0v) is 15.7. The maximum absolute atomic E-state index is 5.00. The molecule has 0 aliphatic carbocycles. The molecule has 3 aromatic rings. The predicted molar refractivity (Wildman–Crippen MR) is 114 cm³/mol. The van der Waals surface area contributed by atoms with Crippen LogP contribution in [-0.4, -0.2) is 4.98 Å². The molecule has 0 spiro atoms. The van der Waals surface area contributed by atoms with Crippen molar-refractivity contribution in [1.82, 2.24) is 4.98 Å². The van der Waals surface area contributed by atoms with Gasteiger partial charge in [0.1, 0.15) is 5.01 Å². The van der Waals surface area contributed by atoms with Crippen molar-refractivity contribution < 1.29 is 0 Å². The lowest BCUT2D eigenvalue weighted by Crippen LogP contribution is -1.90. The van der Waals surface area contributed by atoms with E-state index in [9.17, 15) is 0 Å². The molecule has 0 fully saturated rings. The van der Waals surface area contributed by atoms with E-state index in [1.165, 1.54) is 21.6 Å². The Labute approximate surface area is 159 Å². The Balaban J connectivity index is 2.25. The Morgan fingerprint density at radius 2 is 1.85 bits per heavy atom. The number of hydrogen-bond acceptors (Lipinski definition) is 2. The fourth-order valence-electron chi connectivity index (χ4n) is 2.85. The molecule has 0 bridgehead atoms. The molecule has 0 aliphatic rings. The zero-order valence-electron chi connectivity index (χ0n) is 14.9. The second kappa shape index (κ2) is 8.44. The number of allylic oxidation sites excluding steroid dienone is 4. The number of rotatable bonds is 6. The van der Waals surface area contributed by atoms with Crippen LogP contribution in [0, 0.1) is 0 Å². The number of aryl methyl sites for hydroxylation is 1. The summed E-state index contributed by atoms with van der Waals surface area (Å²) >= 11 is 1.69. The standard InChI is InChI=1S/C24H21NS/c1-4-7-13-19(6-3)24-25-22(21-17-12-11-14-18(21)5-2)23(26-24)20-15-9-8-10-16-20/h6-17H,1,3,5H2,2H3/b19-13+. The van der Waals surface area contributed by atoms with E-state index in [-0.39, 0.29) is 0 Å². The molecule has 1 heterocycles. The van der Waals surface area contributed by atoms with E-state index in [1.807, 2.05) is 18.2 Å². The monoisotopic (exact) mass is 355 g/mol. The van der Waals surface area contributed by atoms with E-state index >= 15 is 0 Å². The van der Waals surface area contributed by atoms with E-state index in [4.69, 9.17) is 4.98 Å². The summed E-state index contributed by atoms with van der Waals surface area (Å²) in [7, 11) is 0. The molecule has 1 nitrogen and oxygen atoms in total. The molecule has 0 unspecified atom stereocenters. The largest absolute Gasteiger partial charge is 0.235 e. The smallest absolute Gasteiger partial charge is 0.124 e. The molecule has 26 heavy (non-hydrogen) atoms. The summed E-state index contributed by atoms with van der Waals surface area (Å²) in [5.41, 5.74) is 8.47. The van der Waals surface area contributed by atoms with Gasteiger partial charge in [0.15, 0.2) is 0 Å². The molecule has 0 atom stereocenters. The van der Waals surface area contributed by atoms with Gasteiger partial charge in [0.2, 0.25) is 0 Å².